The number of ether oxygens (including phenoxy) is 2. The molecule has 1 amide bonds. The van der Waals surface area contributed by atoms with Gasteiger partial charge in [-0.3, -0.25) is 4.79 Å². The van der Waals surface area contributed by atoms with Gasteiger partial charge in [-0.25, -0.2) is 18.4 Å². The summed E-state index contributed by atoms with van der Waals surface area (Å²) in [5, 5.41) is 7.57. The van der Waals surface area contributed by atoms with Gasteiger partial charge in [0, 0.05) is 5.69 Å². The van der Waals surface area contributed by atoms with Crippen molar-refractivity contribution < 1.29 is 27.5 Å². The molecule has 0 aromatic heterocycles. The first-order valence-corrected chi connectivity index (χ1v) is 10.5. The average Bonchev–Trinajstić information content (AvgIpc) is 2.66. The normalized spacial score (nSPS) is 12.3. The molecule has 2 rings (SSSR count). The number of sulfonamides is 1. The summed E-state index contributed by atoms with van der Waals surface area (Å²) in [7, 11) is -3.82. The largest absolute Gasteiger partial charge is 0.493 e. The van der Waals surface area contributed by atoms with Gasteiger partial charge in [0.25, 0.3) is 5.91 Å². The lowest BCUT2D eigenvalue weighted by molar-refractivity contribution is -0.123. The van der Waals surface area contributed by atoms with E-state index >= 15 is 0 Å². The molecule has 8 nitrogen and oxygen atoms in total. The first-order valence-electron chi connectivity index (χ1n) is 8.94. The number of nitrogens with two attached hydrogens (primary N) is 1. The number of anilines is 1. The lowest BCUT2D eigenvalue weighted by Gasteiger charge is -2.14. The van der Waals surface area contributed by atoms with Crippen LogP contribution in [0, 0.1) is 5.92 Å². The Labute approximate surface area is 170 Å². The van der Waals surface area contributed by atoms with E-state index in [-0.39, 0.29) is 10.5 Å². The quantitative estimate of drug-likeness (QED) is 0.632. The fourth-order valence-electron chi connectivity index (χ4n) is 2.23. The molecule has 0 unspecified atom stereocenters. The van der Waals surface area contributed by atoms with Crippen LogP contribution in [-0.2, 0) is 19.6 Å². The van der Waals surface area contributed by atoms with E-state index in [1.54, 1.807) is 24.3 Å². The smallest absolute Gasteiger partial charge is 0.339 e. The molecule has 0 bridgehead atoms. The van der Waals surface area contributed by atoms with E-state index in [1.807, 2.05) is 13.8 Å². The maximum atomic E-state index is 12.3. The van der Waals surface area contributed by atoms with E-state index in [0.29, 0.717) is 24.0 Å². The van der Waals surface area contributed by atoms with E-state index in [4.69, 9.17) is 14.6 Å². The van der Waals surface area contributed by atoms with Gasteiger partial charge in [-0.2, -0.15) is 0 Å². The van der Waals surface area contributed by atoms with Crippen molar-refractivity contribution >= 4 is 27.6 Å². The second-order valence-electron chi connectivity index (χ2n) is 6.84. The number of rotatable bonds is 8. The zero-order chi connectivity index (χ0) is 21.6. The van der Waals surface area contributed by atoms with Crippen LogP contribution in [0.2, 0.25) is 0 Å². The van der Waals surface area contributed by atoms with Gasteiger partial charge in [0.05, 0.1) is 17.1 Å². The van der Waals surface area contributed by atoms with Crippen molar-refractivity contribution in [2.75, 3.05) is 11.9 Å². The van der Waals surface area contributed by atoms with Gasteiger partial charge < -0.3 is 14.8 Å². The molecule has 0 saturated heterocycles. The van der Waals surface area contributed by atoms with Crippen molar-refractivity contribution in [1.82, 2.24) is 0 Å². The van der Waals surface area contributed by atoms with Gasteiger partial charge in [-0.05, 0) is 55.3 Å². The Kier molecular flexibility index (Phi) is 7.35. The third kappa shape index (κ3) is 6.88. The zero-order valence-corrected chi connectivity index (χ0v) is 17.2. The predicted octanol–water partition coefficient (Wildman–Crippen LogP) is 2.55. The third-order valence-electron chi connectivity index (χ3n) is 3.76. The van der Waals surface area contributed by atoms with E-state index in [0.717, 1.165) is 0 Å². The molecular weight excluding hydrogens is 396 g/mol. The maximum Gasteiger partial charge on any atom is 0.339 e. The molecule has 1 atom stereocenters. The fourth-order valence-corrected chi connectivity index (χ4v) is 2.75. The highest BCUT2D eigenvalue weighted by Crippen LogP contribution is 2.17. The first-order chi connectivity index (χ1) is 13.6. The van der Waals surface area contributed by atoms with Crippen LogP contribution >= 0.6 is 0 Å². The second-order valence-corrected chi connectivity index (χ2v) is 8.40. The van der Waals surface area contributed by atoms with Crippen molar-refractivity contribution in [2.24, 2.45) is 11.1 Å². The van der Waals surface area contributed by atoms with Crippen LogP contribution in [0.25, 0.3) is 0 Å². The average molecular weight is 420 g/mol. The van der Waals surface area contributed by atoms with Crippen LogP contribution in [0.5, 0.6) is 5.75 Å². The summed E-state index contributed by atoms with van der Waals surface area (Å²) in [6, 6.07) is 11.9. The lowest BCUT2D eigenvalue weighted by atomic mass is 10.2. The number of hydrogen-bond acceptors (Lipinski definition) is 6. The van der Waals surface area contributed by atoms with Crippen LogP contribution in [0.4, 0.5) is 5.69 Å². The van der Waals surface area contributed by atoms with Gasteiger partial charge in [0.15, 0.2) is 6.10 Å². The minimum absolute atomic E-state index is 0.0745. The van der Waals surface area contributed by atoms with Crippen molar-refractivity contribution in [3.63, 3.8) is 0 Å². The Morgan fingerprint density at radius 2 is 1.72 bits per heavy atom. The summed E-state index contributed by atoms with van der Waals surface area (Å²) in [6.45, 7) is 5.98. The highest BCUT2D eigenvalue weighted by Gasteiger charge is 2.20. The minimum Gasteiger partial charge on any atom is -0.493 e. The van der Waals surface area contributed by atoms with Crippen molar-refractivity contribution in [1.29, 1.82) is 0 Å². The van der Waals surface area contributed by atoms with Gasteiger partial charge >= 0.3 is 5.97 Å². The number of carbonyl (C=O) groups excluding carboxylic acids is 2. The van der Waals surface area contributed by atoms with E-state index in [9.17, 15) is 18.0 Å². The monoisotopic (exact) mass is 420 g/mol. The molecule has 0 saturated carbocycles. The molecule has 0 spiro atoms. The molecule has 0 radical (unpaired) electrons. The molecule has 9 heteroatoms. The Balaban J connectivity index is 1.96. The summed E-state index contributed by atoms with van der Waals surface area (Å²) >= 11 is 0. The molecule has 0 fully saturated rings. The highest BCUT2D eigenvalue weighted by atomic mass is 32.2. The predicted molar refractivity (Wildman–Crippen MR) is 108 cm³/mol. The standard InChI is InChI=1S/C20H24N2O6S/c1-13(2)12-27-17-6-4-5-15(11-17)20(24)28-14(3)19(23)22-16-7-9-18(10-8-16)29(21,25)26/h4-11,13-14H,12H2,1-3H3,(H,22,23)(H2,21,25,26)/t14-/m0/s1. The van der Waals surface area contributed by atoms with E-state index in [2.05, 4.69) is 5.32 Å². The highest BCUT2D eigenvalue weighted by molar-refractivity contribution is 7.89. The van der Waals surface area contributed by atoms with E-state index < -0.39 is 28.0 Å². The molecule has 29 heavy (non-hydrogen) atoms. The van der Waals surface area contributed by atoms with Crippen LogP contribution in [-0.4, -0.2) is 33.0 Å². The Bertz CT molecular complexity index is 971. The summed E-state index contributed by atoms with van der Waals surface area (Å²) in [5.74, 6) is -0.338. The minimum atomic E-state index is -3.82. The van der Waals surface area contributed by atoms with Crippen LogP contribution in [0.1, 0.15) is 31.1 Å². The molecule has 2 aromatic rings. The zero-order valence-electron chi connectivity index (χ0n) is 16.4. The third-order valence-corrected chi connectivity index (χ3v) is 4.69. The van der Waals surface area contributed by atoms with Gasteiger partial charge in [0.1, 0.15) is 5.75 Å². The Morgan fingerprint density at radius 1 is 1.07 bits per heavy atom. The SMILES string of the molecule is CC(C)COc1cccc(C(=O)O[C@@H](C)C(=O)Nc2ccc(S(N)(=O)=O)cc2)c1. The Hall–Kier alpha value is -2.91. The number of hydrogen-bond donors (Lipinski definition) is 2. The van der Waals surface area contributed by atoms with Crippen LogP contribution < -0.4 is 15.2 Å². The topological polar surface area (TPSA) is 125 Å². The number of amides is 1. The number of primary sulfonamides is 1. The number of benzene rings is 2. The lowest BCUT2D eigenvalue weighted by Crippen LogP contribution is -2.30. The maximum absolute atomic E-state index is 12.3. The fraction of sp³-hybridized carbons (Fsp3) is 0.300. The van der Waals surface area contributed by atoms with Gasteiger partial charge in [-0.1, -0.05) is 19.9 Å². The Morgan fingerprint density at radius 3 is 2.31 bits per heavy atom. The summed E-state index contributed by atoms with van der Waals surface area (Å²) in [4.78, 5) is 24.5. The first kappa shape index (κ1) is 22.4. The second kappa shape index (κ2) is 9.53. The summed E-state index contributed by atoms with van der Waals surface area (Å²) < 4.78 is 33.3. The summed E-state index contributed by atoms with van der Waals surface area (Å²) in [5.41, 5.74) is 0.609. The van der Waals surface area contributed by atoms with Gasteiger partial charge in [-0.15, -0.1) is 0 Å². The number of carbonyl (C=O) groups is 2. The van der Waals surface area contributed by atoms with Crippen molar-refractivity contribution in [2.45, 2.75) is 31.8 Å². The van der Waals surface area contributed by atoms with Crippen molar-refractivity contribution in [3.8, 4) is 5.75 Å². The van der Waals surface area contributed by atoms with Gasteiger partial charge in [0.2, 0.25) is 10.0 Å². The molecule has 0 aliphatic rings. The summed E-state index contributed by atoms with van der Waals surface area (Å²) in [6.07, 6.45) is -1.07. The molecular formula is C20H24N2O6S. The van der Waals surface area contributed by atoms with Crippen molar-refractivity contribution in [3.05, 3.63) is 54.1 Å². The molecule has 156 valence electrons. The molecule has 0 aliphatic heterocycles. The number of nitrogens with one attached hydrogen (secondary N) is 1. The molecule has 2 aromatic carbocycles. The molecule has 0 heterocycles. The molecule has 3 N–H and O–H groups in total. The number of esters is 1. The van der Waals surface area contributed by atoms with Crippen LogP contribution in [0.3, 0.4) is 0 Å². The van der Waals surface area contributed by atoms with E-state index in [1.165, 1.54) is 31.2 Å². The molecule has 0 aliphatic carbocycles. The van der Waals surface area contributed by atoms with Crippen LogP contribution in [0.15, 0.2) is 53.4 Å².